The number of amides is 2. The maximum absolute atomic E-state index is 13.5. The smallest absolute Gasteiger partial charge is 0.254 e. The van der Waals surface area contributed by atoms with E-state index >= 15 is 0 Å². The molecule has 0 aromatic heterocycles. The zero-order chi connectivity index (χ0) is 18.9. The van der Waals surface area contributed by atoms with Crippen LogP contribution in [0.1, 0.15) is 39.1 Å². The molecular formula is C20H21FN2O3. The van der Waals surface area contributed by atoms with E-state index < -0.39 is 11.7 Å². The topological polar surface area (TPSA) is 75.3 Å². The van der Waals surface area contributed by atoms with Gasteiger partial charge < -0.3 is 10.6 Å². The third-order valence-corrected chi connectivity index (χ3v) is 3.80. The van der Waals surface area contributed by atoms with E-state index in [0.717, 1.165) is 5.56 Å². The number of rotatable bonds is 8. The predicted molar refractivity (Wildman–Crippen MR) is 96.5 cm³/mol. The molecule has 0 spiro atoms. The highest BCUT2D eigenvalue weighted by Gasteiger charge is 2.11. The summed E-state index contributed by atoms with van der Waals surface area (Å²) < 4.78 is 13.5. The number of carbonyl (C=O) groups is 3. The van der Waals surface area contributed by atoms with Crippen molar-refractivity contribution in [3.8, 4) is 0 Å². The molecule has 0 atom stereocenters. The summed E-state index contributed by atoms with van der Waals surface area (Å²) in [5.41, 5.74) is 1.61. The summed E-state index contributed by atoms with van der Waals surface area (Å²) >= 11 is 0. The summed E-state index contributed by atoms with van der Waals surface area (Å²) in [5, 5.41) is 5.15. The van der Waals surface area contributed by atoms with Gasteiger partial charge in [-0.2, -0.15) is 0 Å². The van der Waals surface area contributed by atoms with E-state index in [4.69, 9.17) is 0 Å². The van der Waals surface area contributed by atoms with Crippen molar-refractivity contribution in [1.82, 2.24) is 10.6 Å². The van der Waals surface area contributed by atoms with Gasteiger partial charge in [0.1, 0.15) is 5.82 Å². The Bertz CT molecular complexity index is 788. The van der Waals surface area contributed by atoms with Gasteiger partial charge in [-0.05, 0) is 19.1 Å². The third-order valence-electron chi connectivity index (χ3n) is 3.80. The normalized spacial score (nSPS) is 10.2. The van der Waals surface area contributed by atoms with Gasteiger partial charge in [-0.15, -0.1) is 0 Å². The molecule has 2 rings (SSSR count). The predicted octanol–water partition coefficient (Wildman–Crippen LogP) is 2.64. The SMILES string of the molecule is Cc1ccc(C(=O)CCC(=O)NCCNC(=O)c2ccccc2F)cc1. The summed E-state index contributed by atoms with van der Waals surface area (Å²) in [4.78, 5) is 35.6. The summed E-state index contributed by atoms with van der Waals surface area (Å²) in [6.45, 7) is 2.31. The third kappa shape index (κ3) is 5.81. The molecule has 0 radical (unpaired) electrons. The Hall–Kier alpha value is -3.02. The standard InChI is InChI=1S/C20H21FN2O3/c1-14-6-8-15(9-7-14)18(24)10-11-19(25)22-12-13-23-20(26)16-4-2-3-5-17(16)21/h2-9H,10-13H2,1H3,(H,22,25)(H,23,26). The zero-order valence-electron chi connectivity index (χ0n) is 14.5. The minimum absolute atomic E-state index is 0.0393. The summed E-state index contributed by atoms with van der Waals surface area (Å²) in [5.74, 6) is -1.49. The van der Waals surface area contributed by atoms with E-state index in [1.807, 2.05) is 19.1 Å². The fraction of sp³-hybridized carbons (Fsp3) is 0.250. The molecule has 136 valence electrons. The Kier molecular flexibility index (Phi) is 7.02. The molecule has 2 N–H and O–H groups in total. The lowest BCUT2D eigenvalue weighted by Gasteiger charge is -2.08. The van der Waals surface area contributed by atoms with Crippen LogP contribution in [-0.2, 0) is 4.79 Å². The van der Waals surface area contributed by atoms with Gasteiger partial charge in [0.2, 0.25) is 5.91 Å². The number of carbonyl (C=O) groups excluding carboxylic acids is 3. The average molecular weight is 356 g/mol. The largest absolute Gasteiger partial charge is 0.354 e. The van der Waals surface area contributed by atoms with Crippen LogP contribution in [0.15, 0.2) is 48.5 Å². The van der Waals surface area contributed by atoms with Crippen molar-refractivity contribution in [2.45, 2.75) is 19.8 Å². The molecule has 0 saturated carbocycles. The van der Waals surface area contributed by atoms with E-state index in [9.17, 15) is 18.8 Å². The van der Waals surface area contributed by atoms with Crippen molar-refractivity contribution in [1.29, 1.82) is 0 Å². The highest BCUT2D eigenvalue weighted by Crippen LogP contribution is 2.08. The number of nitrogens with one attached hydrogen (secondary N) is 2. The lowest BCUT2D eigenvalue weighted by Crippen LogP contribution is -2.35. The van der Waals surface area contributed by atoms with Crippen molar-refractivity contribution in [3.63, 3.8) is 0 Å². The van der Waals surface area contributed by atoms with Crippen molar-refractivity contribution in [2.24, 2.45) is 0 Å². The molecule has 0 bridgehead atoms. The first-order valence-corrected chi connectivity index (χ1v) is 8.36. The van der Waals surface area contributed by atoms with E-state index in [0.29, 0.717) is 5.56 Å². The molecule has 0 fully saturated rings. The number of Topliss-reactive ketones (excluding diaryl/α,β-unsaturated/α-hetero) is 1. The number of halogens is 1. The van der Waals surface area contributed by atoms with Gasteiger partial charge in [-0.1, -0.05) is 42.0 Å². The molecule has 6 heteroatoms. The first-order valence-electron chi connectivity index (χ1n) is 8.36. The maximum Gasteiger partial charge on any atom is 0.254 e. The van der Waals surface area contributed by atoms with Gasteiger partial charge in [0.15, 0.2) is 5.78 Å². The lowest BCUT2D eigenvalue weighted by molar-refractivity contribution is -0.121. The number of hydrogen-bond donors (Lipinski definition) is 2. The van der Waals surface area contributed by atoms with Crippen LogP contribution in [0.5, 0.6) is 0 Å². The van der Waals surface area contributed by atoms with Crippen molar-refractivity contribution >= 4 is 17.6 Å². The molecule has 0 aliphatic heterocycles. The molecular weight excluding hydrogens is 335 g/mol. The molecule has 0 unspecified atom stereocenters. The van der Waals surface area contributed by atoms with Crippen LogP contribution < -0.4 is 10.6 Å². The van der Waals surface area contributed by atoms with Crippen LogP contribution in [-0.4, -0.2) is 30.7 Å². The van der Waals surface area contributed by atoms with E-state index in [2.05, 4.69) is 10.6 Å². The molecule has 2 aromatic rings. The molecule has 26 heavy (non-hydrogen) atoms. The van der Waals surface area contributed by atoms with E-state index in [1.165, 1.54) is 18.2 Å². The zero-order valence-corrected chi connectivity index (χ0v) is 14.5. The minimum atomic E-state index is -0.594. The van der Waals surface area contributed by atoms with Crippen LogP contribution in [0.25, 0.3) is 0 Å². The fourth-order valence-electron chi connectivity index (χ4n) is 2.32. The minimum Gasteiger partial charge on any atom is -0.354 e. The second-order valence-corrected chi connectivity index (χ2v) is 5.87. The summed E-state index contributed by atoms with van der Waals surface area (Å²) in [6.07, 6.45) is 0.199. The number of ketones is 1. The van der Waals surface area contributed by atoms with Crippen LogP contribution >= 0.6 is 0 Å². The monoisotopic (exact) mass is 356 g/mol. The average Bonchev–Trinajstić information content (AvgIpc) is 2.64. The highest BCUT2D eigenvalue weighted by atomic mass is 19.1. The quantitative estimate of drug-likeness (QED) is 0.564. The molecule has 0 aliphatic carbocycles. The van der Waals surface area contributed by atoms with Crippen molar-refractivity contribution < 1.29 is 18.8 Å². The second-order valence-electron chi connectivity index (χ2n) is 5.87. The van der Waals surface area contributed by atoms with Crippen LogP contribution in [0.2, 0.25) is 0 Å². The summed E-state index contributed by atoms with van der Waals surface area (Å²) in [6, 6.07) is 12.9. The number of aryl methyl sites for hydroxylation is 1. The van der Waals surface area contributed by atoms with Crippen molar-refractivity contribution in [2.75, 3.05) is 13.1 Å². The van der Waals surface area contributed by atoms with Gasteiger partial charge in [-0.25, -0.2) is 4.39 Å². The Labute approximate surface area is 151 Å². The van der Waals surface area contributed by atoms with Gasteiger partial charge in [0.25, 0.3) is 5.91 Å². The lowest BCUT2D eigenvalue weighted by atomic mass is 10.1. The summed E-state index contributed by atoms with van der Waals surface area (Å²) in [7, 11) is 0. The second kappa shape index (κ2) is 9.46. The van der Waals surface area contributed by atoms with Crippen LogP contribution in [0.3, 0.4) is 0 Å². The van der Waals surface area contributed by atoms with Gasteiger partial charge in [-0.3, -0.25) is 14.4 Å². The van der Waals surface area contributed by atoms with Gasteiger partial charge >= 0.3 is 0 Å². The van der Waals surface area contributed by atoms with E-state index in [1.54, 1.807) is 18.2 Å². The molecule has 5 nitrogen and oxygen atoms in total. The number of hydrogen-bond acceptors (Lipinski definition) is 3. The van der Waals surface area contributed by atoms with Crippen LogP contribution in [0.4, 0.5) is 4.39 Å². The Morgan fingerprint density at radius 1 is 0.885 bits per heavy atom. The molecule has 2 aromatic carbocycles. The van der Waals surface area contributed by atoms with Crippen molar-refractivity contribution in [3.05, 3.63) is 71.0 Å². The van der Waals surface area contributed by atoms with E-state index in [-0.39, 0.29) is 43.2 Å². The first kappa shape index (κ1) is 19.3. The fourth-order valence-corrected chi connectivity index (χ4v) is 2.32. The molecule has 0 saturated heterocycles. The number of benzene rings is 2. The van der Waals surface area contributed by atoms with Gasteiger partial charge in [0, 0.05) is 31.5 Å². The molecule has 0 aliphatic rings. The Balaban J connectivity index is 1.66. The first-order chi connectivity index (χ1) is 12.5. The maximum atomic E-state index is 13.5. The Morgan fingerprint density at radius 3 is 2.23 bits per heavy atom. The van der Waals surface area contributed by atoms with Gasteiger partial charge in [0.05, 0.1) is 5.56 Å². The Morgan fingerprint density at radius 2 is 1.54 bits per heavy atom. The van der Waals surface area contributed by atoms with Crippen LogP contribution in [0, 0.1) is 12.7 Å². The highest BCUT2D eigenvalue weighted by molar-refractivity contribution is 5.98. The molecule has 0 heterocycles. The molecule has 2 amide bonds.